The molecule has 47 heavy (non-hydrogen) atoms. The molecule has 0 rings (SSSR count). The lowest BCUT2D eigenvalue weighted by molar-refractivity contribution is -0.161. The minimum atomic E-state index is -4.75. The highest BCUT2D eigenvalue weighted by molar-refractivity contribution is 7.46. The lowest BCUT2D eigenvalue weighted by Gasteiger charge is -2.18. The van der Waals surface area contributed by atoms with Crippen LogP contribution in [0, 0.1) is 0 Å². The van der Waals surface area contributed by atoms with Crippen LogP contribution in [-0.4, -0.2) is 41.0 Å². The first-order valence-electron chi connectivity index (χ1n) is 19.1. The molecule has 0 saturated heterocycles. The van der Waals surface area contributed by atoms with Gasteiger partial charge in [-0.2, -0.15) is 0 Å². The average molecular weight is 687 g/mol. The van der Waals surface area contributed by atoms with Gasteiger partial charge in [0.15, 0.2) is 6.10 Å². The molecule has 0 fully saturated rings. The molecule has 276 valence electrons. The highest BCUT2D eigenvalue weighted by Gasteiger charge is 2.22. The molecule has 9 heteroatoms. The molecular weight excluding hydrogens is 615 g/mol. The standard InChI is InChI=1S/C38H71O8P/c1-3-5-7-9-11-13-15-17-19-21-22-24-26-28-30-32-37(39)44-34-36(35-45-47(41,42)43)46-38(40)33-31-29-27-25-23-20-18-16-14-12-10-8-6-4-2/h17,19,22,24,36H,3-16,18,20-21,23,25-35H2,1-2H3,(H2,41,42,43)/b19-17+,24-22+/t36-/m1/s1. The first kappa shape index (κ1) is 45.5. The van der Waals surface area contributed by atoms with Gasteiger partial charge in [0.1, 0.15) is 6.61 Å². The van der Waals surface area contributed by atoms with Crippen molar-refractivity contribution >= 4 is 19.8 Å². The van der Waals surface area contributed by atoms with Crippen molar-refractivity contribution in [2.24, 2.45) is 0 Å². The SMILES string of the molecule is CCCCCCCC/C=C/C/C=C/CCCCC(=O)OC[C@H](COP(=O)(O)O)OC(=O)CCCCCCCCCCCCCCCC. The third-order valence-corrected chi connectivity index (χ3v) is 8.71. The summed E-state index contributed by atoms with van der Waals surface area (Å²) < 4.78 is 26.3. The zero-order valence-corrected chi connectivity index (χ0v) is 31.1. The lowest BCUT2D eigenvalue weighted by Crippen LogP contribution is -2.29. The summed E-state index contributed by atoms with van der Waals surface area (Å²) in [6.45, 7) is 3.65. The van der Waals surface area contributed by atoms with E-state index in [1.165, 1.54) is 103 Å². The van der Waals surface area contributed by atoms with E-state index in [-0.39, 0.29) is 19.4 Å². The van der Waals surface area contributed by atoms with E-state index in [1.54, 1.807) is 0 Å². The molecule has 0 amide bonds. The van der Waals surface area contributed by atoms with Gasteiger partial charge in [0.05, 0.1) is 6.61 Å². The fourth-order valence-electron chi connectivity index (χ4n) is 5.34. The molecule has 0 unspecified atom stereocenters. The van der Waals surface area contributed by atoms with Crippen LogP contribution in [0.5, 0.6) is 0 Å². The quantitative estimate of drug-likeness (QED) is 0.0292. The number of hydrogen-bond donors (Lipinski definition) is 2. The van der Waals surface area contributed by atoms with Crippen molar-refractivity contribution in [2.45, 2.75) is 193 Å². The number of carbonyl (C=O) groups excluding carboxylic acids is 2. The Hall–Kier alpha value is -1.47. The fraction of sp³-hybridized carbons (Fsp3) is 0.842. The predicted octanol–water partition coefficient (Wildman–Crippen LogP) is 11.2. The van der Waals surface area contributed by atoms with Gasteiger partial charge < -0.3 is 19.3 Å². The second-order valence-electron chi connectivity index (χ2n) is 12.9. The molecule has 0 radical (unpaired) electrons. The van der Waals surface area contributed by atoms with Gasteiger partial charge in [-0.25, -0.2) is 4.57 Å². The largest absolute Gasteiger partial charge is 0.469 e. The number of esters is 2. The van der Waals surface area contributed by atoms with Crippen LogP contribution in [0.4, 0.5) is 0 Å². The Balaban J connectivity index is 4.00. The fourth-order valence-corrected chi connectivity index (χ4v) is 5.70. The maximum absolute atomic E-state index is 12.3. The third-order valence-electron chi connectivity index (χ3n) is 8.22. The van der Waals surface area contributed by atoms with Crippen molar-refractivity contribution in [3.63, 3.8) is 0 Å². The maximum Gasteiger partial charge on any atom is 0.469 e. The van der Waals surface area contributed by atoms with E-state index in [0.717, 1.165) is 44.9 Å². The maximum atomic E-state index is 12.3. The predicted molar refractivity (Wildman–Crippen MR) is 193 cm³/mol. The van der Waals surface area contributed by atoms with Crippen LogP contribution in [0.15, 0.2) is 24.3 Å². The van der Waals surface area contributed by atoms with Crippen molar-refractivity contribution in [1.82, 2.24) is 0 Å². The first-order chi connectivity index (χ1) is 22.8. The summed E-state index contributed by atoms with van der Waals surface area (Å²) >= 11 is 0. The Morgan fingerprint density at radius 2 is 0.957 bits per heavy atom. The molecule has 0 aliphatic heterocycles. The van der Waals surface area contributed by atoms with Crippen LogP contribution in [0.25, 0.3) is 0 Å². The monoisotopic (exact) mass is 686 g/mol. The lowest BCUT2D eigenvalue weighted by atomic mass is 10.0. The minimum Gasteiger partial charge on any atom is -0.462 e. The summed E-state index contributed by atoms with van der Waals surface area (Å²) in [6, 6.07) is 0. The van der Waals surface area contributed by atoms with Gasteiger partial charge in [0.2, 0.25) is 0 Å². The number of unbranched alkanes of at least 4 members (excludes halogenated alkanes) is 21. The van der Waals surface area contributed by atoms with Gasteiger partial charge in [-0.15, -0.1) is 0 Å². The third kappa shape index (κ3) is 37.2. The topological polar surface area (TPSA) is 119 Å². The van der Waals surface area contributed by atoms with Crippen LogP contribution in [0.1, 0.15) is 187 Å². The molecule has 0 aromatic carbocycles. The summed E-state index contributed by atoms with van der Waals surface area (Å²) in [5.41, 5.74) is 0. The van der Waals surface area contributed by atoms with E-state index in [4.69, 9.17) is 19.3 Å². The molecule has 2 N–H and O–H groups in total. The van der Waals surface area contributed by atoms with E-state index >= 15 is 0 Å². The normalized spacial score (nSPS) is 12.7. The molecule has 0 aromatic rings. The van der Waals surface area contributed by atoms with Gasteiger partial charge in [-0.05, 0) is 44.9 Å². The molecule has 0 aromatic heterocycles. The molecule has 0 spiro atoms. The number of hydrogen-bond acceptors (Lipinski definition) is 6. The Bertz CT molecular complexity index is 823. The Morgan fingerprint density at radius 1 is 0.553 bits per heavy atom. The summed E-state index contributed by atoms with van der Waals surface area (Å²) in [5.74, 6) is -0.917. The molecule has 0 heterocycles. The van der Waals surface area contributed by atoms with Crippen molar-refractivity contribution in [3.8, 4) is 0 Å². The minimum absolute atomic E-state index is 0.209. The van der Waals surface area contributed by atoms with Crippen LogP contribution < -0.4 is 0 Å². The highest BCUT2D eigenvalue weighted by Crippen LogP contribution is 2.36. The molecule has 0 saturated carbocycles. The van der Waals surface area contributed by atoms with Crippen LogP contribution in [0.3, 0.4) is 0 Å². The van der Waals surface area contributed by atoms with Gasteiger partial charge in [-0.3, -0.25) is 14.1 Å². The molecule has 0 aliphatic carbocycles. The zero-order valence-electron chi connectivity index (χ0n) is 30.2. The molecule has 0 aliphatic rings. The number of phosphoric acid groups is 1. The number of allylic oxidation sites excluding steroid dienone is 4. The second-order valence-corrected chi connectivity index (χ2v) is 14.1. The number of ether oxygens (including phenoxy) is 2. The summed E-state index contributed by atoms with van der Waals surface area (Å²) in [7, 11) is -4.75. The van der Waals surface area contributed by atoms with Gasteiger partial charge in [-0.1, -0.05) is 154 Å². The molecule has 1 atom stereocenters. The van der Waals surface area contributed by atoms with Crippen molar-refractivity contribution < 1.29 is 37.9 Å². The number of phosphoric ester groups is 1. The van der Waals surface area contributed by atoms with Crippen molar-refractivity contribution in [2.75, 3.05) is 13.2 Å². The van der Waals surface area contributed by atoms with E-state index in [0.29, 0.717) is 12.8 Å². The van der Waals surface area contributed by atoms with E-state index < -0.39 is 32.5 Å². The second kappa shape index (κ2) is 34.4. The highest BCUT2D eigenvalue weighted by atomic mass is 31.2. The molecule has 8 nitrogen and oxygen atoms in total. The van der Waals surface area contributed by atoms with Crippen molar-refractivity contribution in [3.05, 3.63) is 24.3 Å². The van der Waals surface area contributed by atoms with Crippen LogP contribution in [0.2, 0.25) is 0 Å². The average Bonchev–Trinajstić information content (AvgIpc) is 3.03. The molecular formula is C38H71O8P. The molecule has 0 bridgehead atoms. The summed E-state index contributed by atoms with van der Waals surface area (Å²) in [5, 5.41) is 0. The van der Waals surface area contributed by atoms with Gasteiger partial charge in [0, 0.05) is 12.8 Å². The Labute approximate surface area is 288 Å². The van der Waals surface area contributed by atoms with E-state index in [9.17, 15) is 14.2 Å². The van der Waals surface area contributed by atoms with Crippen LogP contribution >= 0.6 is 7.82 Å². The van der Waals surface area contributed by atoms with Gasteiger partial charge in [0.25, 0.3) is 0 Å². The Morgan fingerprint density at radius 3 is 1.45 bits per heavy atom. The van der Waals surface area contributed by atoms with E-state index in [2.05, 4.69) is 42.7 Å². The van der Waals surface area contributed by atoms with Crippen molar-refractivity contribution in [1.29, 1.82) is 0 Å². The number of carbonyl (C=O) groups is 2. The van der Waals surface area contributed by atoms with Crippen LogP contribution in [-0.2, 0) is 28.2 Å². The summed E-state index contributed by atoms with van der Waals surface area (Å²) in [4.78, 5) is 42.7. The first-order valence-corrected chi connectivity index (χ1v) is 20.7. The van der Waals surface area contributed by atoms with Gasteiger partial charge >= 0.3 is 19.8 Å². The Kier molecular flexibility index (Phi) is 33.3. The number of rotatable bonds is 35. The van der Waals surface area contributed by atoms with E-state index in [1.807, 2.05) is 0 Å². The zero-order chi connectivity index (χ0) is 34.7. The smallest absolute Gasteiger partial charge is 0.462 e. The summed E-state index contributed by atoms with van der Waals surface area (Å²) in [6.07, 6.45) is 37.6.